The smallest absolute Gasteiger partial charge is 0.119 e. The number of hydrogen-bond donors (Lipinski definition) is 3. The van der Waals surface area contributed by atoms with Gasteiger partial charge in [0.15, 0.2) is 0 Å². The highest BCUT2D eigenvalue weighted by atomic mass is 16.5. The number of aliphatic hydroxyl groups excluding tert-OH is 3. The molecule has 1 aliphatic carbocycles. The van der Waals surface area contributed by atoms with Crippen molar-refractivity contribution in [3.05, 3.63) is 64.7 Å². The lowest BCUT2D eigenvalue weighted by molar-refractivity contribution is -0.181. The Morgan fingerprint density at radius 2 is 1.79 bits per heavy atom. The summed E-state index contributed by atoms with van der Waals surface area (Å²) >= 11 is 0. The molecule has 1 aliphatic heterocycles. The Balaban J connectivity index is 1.44. The van der Waals surface area contributed by atoms with E-state index in [1.54, 1.807) is 0 Å². The molecule has 33 heavy (non-hydrogen) atoms. The lowest BCUT2D eigenvalue weighted by Gasteiger charge is -2.36. The van der Waals surface area contributed by atoms with E-state index in [4.69, 9.17) is 14.2 Å². The lowest BCUT2D eigenvalue weighted by Crippen LogP contribution is -2.47. The van der Waals surface area contributed by atoms with Crippen LogP contribution in [0.25, 0.3) is 0 Å². The van der Waals surface area contributed by atoms with Crippen LogP contribution < -0.4 is 4.74 Å². The van der Waals surface area contributed by atoms with Crippen LogP contribution in [0.2, 0.25) is 0 Å². The van der Waals surface area contributed by atoms with Crippen molar-refractivity contribution >= 4 is 0 Å². The van der Waals surface area contributed by atoms with E-state index >= 15 is 0 Å². The van der Waals surface area contributed by atoms with E-state index in [0.717, 1.165) is 17.7 Å². The third-order valence-corrected chi connectivity index (χ3v) is 6.46. The van der Waals surface area contributed by atoms with Gasteiger partial charge in [0.25, 0.3) is 0 Å². The van der Waals surface area contributed by atoms with Gasteiger partial charge in [0.2, 0.25) is 0 Å². The van der Waals surface area contributed by atoms with Crippen molar-refractivity contribution in [2.75, 3.05) is 19.8 Å². The highest BCUT2D eigenvalue weighted by molar-refractivity contribution is 5.40. The Kier molecular flexibility index (Phi) is 8.04. The van der Waals surface area contributed by atoms with Crippen molar-refractivity contribution in [3.8, 4) is 5.75 Å². The maximum Gasteiger partial charge on any atom is 0.119 e. The zero-order valence-corrected chi connectivity index (χ0v) is 19.5. The van der Waals surface area contributed by atoms with Crippen molar-refractivity contribution in [1.82, 2.24) is 0 Å². The molecule has 2 aromatic rings. The van der Waals surface area contributed by atoms with Crippen molar-refractivity contribution < 1.29 is 29.5 Å². The Bertz CT molecular complexity index is 892. The number of benzene rings is 2. The SMILES string of the molecule is CC(C)c1ccc(C2C[C@@H](O)[C@H](O)[C@@H](CO)O2)cc1Cc1ccc(OCCOC2CC2)cc1. The van der Waals surface area contributed by atoms with Gasteiger partial charge in [0.1, 0.15) is 24.6 Å². The number of aliphatic hydroxyl groups is 3. The second-order valence-corrected chi connectivity index (χ2v) is 9.49. The van der Waals surface area contributed by atoms with E-state index in [-0.39, 0.29) is 12.7 Å². The summed E-state index contributed by atoms with van der Waals surface area (Å²) in [7, 11) is 0. The number of hydrogen-bond acceptors (Lipinski definition) is 6. The molecule has 4 atom stereocenters. The molecule has 1 heterocycles. The summed E-state index contributed by atoms with van der Waals surface area (Å²) in [5, 5.41) is 29.8. The zero-order chi connectivity index (χ0) is 23.4. The molecule has 0 amide bonds. The summed E-state index contributed by atoms with van der Waals surface area (Å²) in [6.45, 7) is 5.22. The highest BCUT2D eigenvalue weighted by Crippen LogP contribution is 2.34. The van der Waals surface area contributed by atoms with Crippen LogP contribution in [-0.4, -0.2) is 59.6 Å². The fraction of sp³-hybridized carbons (Fsp3) is 0.556. The van der Waals surface area contributed by atoms with E-state index in [2.05, 4.69) is 38.1 Å². The quantitative estimate of drug-likeness (QED) is 0.474. The minimum absolute atomic E-state index is 0.300. The van der Waals surface area contributed by atoms with Gasteiger partial charge in [0.05, 0.1) is 31.5 Å². The molecule has 2 aromatic carbocycles. The maximum atomic E-state index is 10.2. The van der Waals surface area contributed by atoms with E-state index in [1.807, 2.05) is 18.2 Å². The van der Waals surface area contributed by atoms with E-state index in [1.165, 1.54) is 29.5 Å². The van der Waals surface area contributed by atoms with Gasteiger partial charge in [-0.15, -0.1) is 0 Å². The molecule has 6 nitrogen and oxygen atoms in total. The van der Waals surface area contributed by atoms with Gasteiger partial charge in [0, 0.05) is 6.42 Å². The van der Waals surface area contributed by atoms with Gasteiger partial charge in [-0.2, -0.15) is 0 Å². The van der Waals surface area contributed by atoms with Crippen molar-refractivity contribution in [2.45, 2.75) is 76.0 Å². The maximum absolute atomic E-state index is 10.2. The summed E-state index contributed by atoms with van der Waals surface area (Å²) in [4.78, 5) is 0. The van der Waals surface area contributed by atoms with Crippen LogP contribution in [0, 0.1) is 0 Å². The van der Waals surface area contributed by atoms with Crippen LogP contribution in [0.3, 0.4) is 0 Å². The molecule has 6 heteroatoms. The molecule has 180 valence electrons. The van der Waals surface area contributed by atoms with E-state index in [9.17, 15) is 15.3 Å². The van der Waals surface area contributed by atoms with Crippen molar-refractivity contribution in [2.24, 2.45) is 0 Å². The normalized spacial score (nSPS) is 25.4. The molecular weight excluding hydrogens is 420 g/mol. The van der Waals surface area contributed by atoms with Gasteiger partial charge < -0.3 is 29.5 Å². The third-order valence-electron chi connectivity index (χ3n) is 6.46. The average Bonchev–Trinajstić information content (AvgIpc) is 3.64. The fourth-order valence-electron chi connectivity index (χ4n) is 4.39. The summed E-state index contributed by atoms with van der Waals surface area (Å²) < 4.78 is 17.3. The van der Waals surface area contributed by atoms with Gasteiger partial charge in [-0.25, -0.2) is 0 Å². The molecule has 1 saturated carbocycles. The van der Waals surface area contributed by atoms with Crippen LogP contribution >= 0.6 is 0 Å². The number of rotatable bonds is 10. The van der Waals surface area contributed by atoms with Gasteiger partial charge in [-0.05, 0) is 59.6 Å². The monoisotopic (exact) mass is 456 g/mol. The van der Waals surface area contributed by atoms with Gasteiger partial charge >= 0.3 is 0 Å². The summed E-state index contributed by atoms with van der Waals surface area (Å²) in [5.74, 6) is 1.21. The first-order valence-electron chi connectivity index (χ1n) is 12.0. The van der Waals surface area contributed by atoms with Crippen molar-refractivity contribution in [3.63, 3.8) is 0 Å². The second kappa shape index (κ2) is 11.0. The highest BCUT2D eigenvalue weighted by Gasteiger charge is 2.37. The Hall–Kier alpha value is -1.96. The van der Waals surface area contributed by atoms with E-state index < -0.39 is 18.3 Å². The van der Waals surface area contributed by atoms with Crippen LogP contribution in [-0.2, 0) is 15.9 Å². The molecule has 1 unspecified atom stereocenters. The molecule has 0 aromatic heterocycles. The van der Waals surface area contributed by atoms with Gasteiger partial charge in [-0.1, -0.05) is 44.2 Å². The van der Waals surface area contributed by atoms with Crippen LogP contribution in [0.4, 0.5) is 0 Å². The minimum atomic E-state index is -1.07. The summed E-state index contributed by atoms with van der Waals surface area (Å²) in [6, 6.07) is 14.5. The molecular formula is C27H36O6. The first kappa shape index (κ1) is 24.2. The van der Waals surface area contributed by atoms with Crippen LogP contribution in [0.1, 0.15) is 67.4 Å². The van der Waals surface area contributed by atoms with Crippen LogP contribution in [0.5, 0.6) is 5.75 Å². The summed E-state index contributed by atoms with van der Waals surface area (Å²) in [5.41, 5.74) is 4.61. The largest absolute Gasteiger partial charge is 0.491 e. The minimum Gasteiger partial charge on any atom is -0.491 e. The molecule has 0 spiro atoms. The summed E-state index contributed by atoms with van der Waals surface area (Å²) in [6.07, 6.45) is 0.727. The molecule has 2 aliphatic rings. The Labute approximate surface area is 196 Å². The first-order valence-corrected chi connectivity index (χ1v) is 12.0. The molecule has 2 fully saturated rings. The Morgan fingerprint density at radius 3 is 2.45 bits per heavy atom. The fourth-order valence-corrected chi connectivity index (χ4v) is 4.39. The van der Waals surface area contributed by atoms with E-state index in [0.29, 0.717) is 31.7 Å². The molecule has 4 rings (SSSR count). The number of ether oxygens (including phenoxy) is 3. The first-order chi connectivity index (χ1) is 15.9. The predicted molar refractivity (Wildman–Crippen MR) is 126 cm³/mol. The van der Waals surface area contributed by atoms with Gasteiger partial charge in [-0.3, -0.25) is 0 Å². The van der Waals surface area contributed by atoms with Crippen LogP contribution in [0.15, 0.2) is 42.5 Å². The van der Waals surface area contributed by atoms with Crippen molar-refractivity contribution in [1.29, 1.82) is 0 Å². The standard InChI is InChI=1S/C27H36O6/c1-17(2)23-10-5-19(25-15-24(29)27(30)26(16-28)33-25)14-20(23)13-18-3-6-21(7-4-18)31-11-12-32-22-8-9-22/h3-7,10,14,17,22,24-30H,8-9,11-13,15-16H2,1-2H3/t24-,25?,26-,27+/m1/s1. The third kappa shape index (κ3) is 6.34. The molecule has 3 N–H and O–H groups in total. The lowest BCUT2D eigenvalue weighted by atomic mass is 9.88. The predicted octanol–water partition coefficient (Wildman–Crippen LogP) is 3.50. The molecule has 0 radical (unpaired) electrons. The Morgan fingerprint density at radius 1 is 1.03 bits per heavy atom. The molecule has 1 saturated heterocycles. The zero-order valence-electron chi connectivity index (χ0n) is 19.5. The topological polar surface area (TPSA) is 88.4 Å². The molecule has 0 bridgehead atoms. The second-order valence-electron chi connectivity index (χ2n) is 9.49. The average molecular weight is 457 g/mol.